The van der Waals surface area contributed by atoms with E-state index in [1.165, 1.54) is 37.7 Å². The Hall–Kier alpha value is -1.58. The molecule has 2 fully saturated rings. The number of phenols is 1. The van der Waals surface area contributed by atoms with Gasteiger partial charge in [0.2, 0.25) is 0 Å². The third kappa shape index (κ3) is 3.79. The van der Waals surface area contributed by atoms with Gasteiger partial charge in [0.05, 0.1) is 0 Å². The minimum absolute atomic E-state index is 0.213. The van der Waals surface area contributed by atoms with E-state index in [2.05, 4.69) is 25.2 Å². The maximum atomic E-state index is 11.1. The SMILES string of the molecule is CC1=CC(OC2CCCCO2)(c2cccc(C)c2O)C(C2CCCCC2)C=C1. The van der Waals surface area contributed by atoms with Gasteiger partial charge in [-0.2, -0.15) is 0 Å². The Bertz CT molecular complexity index is 738. The Balaban J connectivity index is 1.81. The summed E-state index contributed by atoms with van der Waals surface area (Å²) in [4.78, 5) is 0. The summed E-state index contributed by atoms with van der Waals surface area (Å²) in [7, 11) is 0. The molecule has 1 aliphatic heterocycles. The van der Waals surface area contributed by atoms with Gasteiger partial charge in [0.1, 0.15) is 11.4 Å². The van der Waals surface area contributed by atoms with Crippen LogP contribution in [0.25, 0.3) is 0 Å². The summed E-state index contributed by atoms with van der Waals surface area (Å²) in [5, 5.41) is 11.1. The topological polar surface area (TPSA) is 38.7 Å². The first kappa shape index (κ1) is 19.7. The first-order chi connectivity index (χ1) is 13.6. The molecule has 28 heavy (non-hydrogen) atoms. The number of hydrogen-bond donors (Lipinski definition) is 1. The van der Waals surface area contributed by atoms with E-state index >= 15 is 0 Å². The highest BCUT2D eigenvalue weighted by Gasteiger charge is 2.47. The van der Waals surface area contributed by atoms with Gasteiger partial charge in [-0.25, -0.2) is 0 Å². The lowest BCUT2D eigenvalue weighted by Crippen LogP contribution is -2.45. The Kier molecular flexibility index (Phi) is 5.93. The minimum atomic E-state index is -0.668. The molecule has 1 saturated carbocycles. The molecule has 0 spiro atoms. The fraction of sp³-hybridized carbons (Fsp3) is 0.600. The maximum absolute atomic E-state index is 11.1. The van der Waals surface area contributed by atoms with Gasteiger partial charge < -0.3 is 14.6 Å². The molecule has 1 saturated heterocycles. The van der Waals surface area contributed by atoms with Crippen LogP contribution in [0.5, 0.6) is 5.75 Å². The first-order valence-corrected chi connectivity index (χ1v) is 11.1. The van der Waals surface area contributed by atoms with Gasteiger partial charge in [-0.3, -0.25) is 0 Å². The normalized spacial score (nSPS) is 31.6. The van der Waals surface area contributed by atoms with Gasteiger partial charge in [-0.15, -0.1) is 0 Å². The molecule has 0 amide bonds. The molecule has 2 aliphatic carbocycles. The first-order valence-electron chi connectivity index (χ1n) is 11.1. The predicted molar refractivity (Wildman–Crippen MR) is 112 cm³/mol. The molecule has 0 radical (unpaired) electrons. The lowest BCUT2D eigenvalue weighted by Gasteiger charge is -2.46. The summed E-state index contributed by atoms with van der Waals surface area (Å²) in [6.45, 7) is 4.85. The molecule has 3 aliphatic rings. The van der Waals surface area contributed by atoms with Crippen LogP contribution in [0.2, 0.25) is 0 Å². The van der Waals surface area contributed by atoms with Crippen LogP contribution in [0.3, 0.4) is 0 Å². The molecule has 1 N–H and O–H groups in total. The average Bonchev–Trinajstić information content (AvgIpc) is 2.71. The predicted octanol–water partition coefficient (Wildman–Crippen LogP) is 6.15. The number of ether oxygens (including phenoxy) is 2. The smallest absolute Gasteiger partial charge is 0.159 e. The van der Waals surface area contributed by atoms with Gasteiger partial charge in [-0.1, -0.05) is 55.2 Å². The monoisotopic (exact) mass is 382 g/mol. The number of para-hydroxylation sites is 1. The number of aryl methyl sites for hydroxylation is 1. The van der Waals surface area contributed by atoms with Crippen molar-refractivity contribution in [3.8, 4) is 5.75 Å². The molecule has 3 nitrogen and oxygen atoms in total. The number of hydrogen-bond acceptors (Lipinski definition) is 3. The van der Waals surface area contributed by atoms with Gasteiger partial charge in [0.15, 0.2) is 6.29 Å². The number of rotatable bonds is 4. The number of phenolic OH excluding ortho intramolecular Hbond substituents is 1. The Morgan fingerprint density at radius 2 is 1.82 bits per heavy atom. The van der Waals surface area contributed by atoms with E-state index in [1.807, 2.05) is 25.1 Å². The maximum Gasteiger partial charge on any atom is 0.159 e. The standard InChI is InChI=1S/C25H34O3/c1-18-14-15-21(20-10-4-3-5-11-20)25(17-18,28-23-13-6-7-16-27-23)22-12-8-9-19(2)24(22)26/h8-9,12,14-15,17,20-21,23,26H,3-7,10-11,13,16H2,1-2H3. The second-order valence-corrected chi connectivity index (χ2v) is 8.85. The molecule has 1 aromatic carbocycles. The summed E-state index contributed by atoms with van der Waals surface area (Å²) in [5.41, 5.74) is 2.30. The third-order valence-corrected chi connectivity index (χ3v) is 6.78. The highest BCUT2D eigenvalue weighted by Crippen LogP contribution is 2.51. The molecular formula is C25H34O3. The van der Waals surface area contributed by atoms with Crippen LogP contribution in [0, 0.1) is 18.8 Å². The van der Waals surface area contributed by atoms with Crippen LogP contribution in [0.4, 0.5) is 0 Å². The molecular weight excluding hydrogens is 348 g/mol. The van der Waals surface area contributed by atoms with Crippen molar-refractivity contribution in [3.63, 3.8) is 0 Å². The van der Waals surface area contributed by atoms with Gasteiger partial charge in [0.25, 0.3) is 0 Å². The lowest BCUT2D eigenvalue weighted by molar-refractivity contribution is -0.230. The van der Waals surface area contributed by atoms with Crippen LogP contribution in [0.15, 0.2) is 42.0 Å². The van der Waals surface area contributed by atoms with Gasteiger partial charge in [-0.05, 0) is 63.5 Å². The number of aromatic hydroxyl groups is 1. The summed E-state index contributed by atoms with van der Waals surface area (Å²) < 4.78 is 12.9. The van der Waals surface area contributed by atoms with Crippen molar-refractivity contribution < 1.29 is 14.6 Å². The Morgan fingerprint density at radius 3 is 2.57 bits per heavy atom. The van der Waals surface area contributed by atoms with Gasteiger partial charge in [0, 0.05) is 18.1 Å². The zero-order chi connectivity index (χ0) is 19.6. The lowest BCUT2D eigenvalue weighted by atomic mass is 9.66. The molecule has 0 aromatic heterocycles. The molecule has 0 bridgehead atoms. The van der Waals surface area contributed by atoms with E-state index < -0.39 is 5.60 Å². The fourth-order valence-corrected chi connectivity index (χ4v) is 5.31. The molecule has 3 unspecified atom stereocenters. The summed E-state index contributed by atoms with van der Waals surface area (Å²) in [5.74, 6) is 1.14. The molecule has 3 atom stereocenters. The van der Waals surface area contributed by atoms with Crippen molar-refractivity contribution in [2.45, 2.75) is 77.1 Å². The van der Waals surface area contributed by atoms with Crippen molar-refractivity contribution in [1.29, 1.82) is 0 Å². The quantitative estimate of drug-likeness (QED) is 0.678. The highest BCUT2D eigenvalue weighted by molar-refractivity contribution is 5.49. The van der Waals surface area contributed by atoms with Crippen LogP contribution < -0.4 is 0 Å². The molecule has 152 valence electrons. The van der Waals surface area contributed by atoms with E-state index in [0.717, 1.165) is 37.0 Å². The molecule has 1 aromatic rings. The van der Waals surface area contributed by atoms with Crippen molar-refractivity contribution >= 4 is 0 Å². The minimum Gasteiger partial charge on any atom is -0.507 e. The van der Waals surface area contributed by atoms with E-state index in [1.54, 1.807) is 0 Å². The second-order valence-electron chi connectivity index (χ2n) is 8.85. The van der Waals surface area contributed by atoms with Crippen molar-refractivity contribution in [3.05, 3.63) is 53.1 Å². The fourth-order valence-electron chi connectivity index (χ4n) is 5.31. The van der Waals surface area contributed by atoms with Crippen LogP contribution in [-0.2, 0) is 15.1 Å². The van der Waals surface area contributed by atoms with Crippen molar-refractivity contribution in [2.24, 2.45) is 11.8 Å². The van der Waals surface area contributed by atoms with E-state index in [-0.39, 0.29) is 12.2 Å². The van der Waals surface area contributed by atoms with Crippen LogP contribution in [0.1, 0.15) is 69.4 Å². The summed E-state index contributed by atoms with van der Waals surface area (Å²) >= 11 is 0. The summed E-state index contributed by atoms with van der Waals surface area (Å²) in [6.07, 6.45) is 16.1. The van der Waals surface area contributed by atoms with Crippen molar-refractivity contribution in [2.75, 3.05) is 6.61 Å². The molecule has 4 rings (SSSR count). The van der Waals surface area contributed by atoms with Crippen LogP contribution >= 0.6 is 0 Å². The van der Waals surface area contributed by atoms with Crippen LogP contribution in [-0.4, -0.2) is 18.0 Å². The van der Waals surface area contributed by atoms with E-state index in [0.29, 0.717) is 11.7 Å². The number of allylic oxidation sites excluding steroid dienone is 2. The van der Waals surface area contributed by atoms with Gasteiger partial charge >= 0.3 is 0 Å². The summed E-state index contributed by atoms with van der Waals surface area (Å²) in [6, 6.07) is 6.05. The zero-order valence-corrected chi connectivity index (χ0v) is 17.3. The third-order valence-electron chi connectivity index (χ3n) is 6.78. The Labute approximate surface area is 169 Å². The van der Waals surface area contributed by atoms with E-state index in [9.17, 15) is 5.11 Å². The Morgan fingerprint density at radius 1 is 1.04 bits per heavy atom. The number of benzene rings is 1. The molecule has 3 heteroatoms. The zero-order valence-electron chi connectivity index (χ0n) is 17.3. The second kappa shape index (κ2) is 8.42. The van der Waals surface area contributed by atoms with Crippen molar-refractivity contribution in [1.82, 2.24) is 0 Å². The molecule has 1 heterocycles. The van der Waals surface area contributed by atoms with E-state index in [4.69, 9.17) is 9.47 Å². The average molecular weight is 383 g/mol. The highest BCUT2D eigenvalue weighted by atomic mass is 16.7. The largest absolute Gasteiger partial charge is 0.507 e.